The maximum Gasteiger partial charge on any atom is 0.00447 e. The summed E-state index contributed by atoms with van der Waals surface area (Å²) in [5, 5.41) is 0. The Kier molecular flexibility index (Phi) is 9.47. The monoisotopic (exact) mass is 240 g/mol. The Balaban J connectivity index is 3.85. The predicted octanol–water partition coefficient (Wildman–Crippen LogP) is 3.43. The van der Waals surface area contributed by atoms with Crippen LogP contribution in [0.2, 0.25) is 0 Å². The van der Waals surface area contributed by atoms with Gasteiger partial charge in [0.2, 0.25) is 0 Å². The minimum absolute atomic E-state index is 0.246. The van der Waals surface area contributed by atoms with Crippen molar-refractivity contribution in [3.63, 3.8) is 0 Å². The highest BCUT2D eigenvalue weighted by molar-refractivity contribution is 4.75. The van der Waals surface area contributed by atoms with Crippen LogP contribution in [0.3, 0.4) is 0 Å². The molecule has 0 aliphatic heterocycles. The van der Waals surface area contributed by atoms with Crippen LogP contribution in [0.1, 0.15) is 52.9 Å². The smallest absolute Gasteiger partial charge is 0.00447 e. The number of hydrogen-bond acceptors (Lipinski definition) is 2. The predicted molar refractivity (Wildman–Crippen MR) is 78.2 cm³/mol. The fourth-order valence-corrected chi connectivity index (χ4v) is 2.06. The molecule has 2 heteroatoms. The first-order valence-corrected chi connectivity index (χ1v) is 7.09. The van der Waals surface area contributed by atoms with E-state index in [2.05, 4.69) is 32.3 Å². The van der Waals surface area contributed by atoms with Gasteiger partial charge in [-0.2, -0.15) is 0 Å². The summed E-state index contributed by atoms with van der Waals surface area (Å²) in [4.78, 5) is 2.57. The SMILES string of the molecule is C=CCCCCCN(CCC)CC(C)(C)CN. The molecule has 0 atom stereocenters. The number of hydrogen-bond donors (Lipinski definition) is 1. The number of nitrogens with zero attached hydrogens (tertiary/aromatic N) is 1. The largest absolute Gasteiger partial charge is 0.330 e. The summed E-state index contributed by atoms with van der Waals surface area (Å²) >= 11 is 0. The number of unbranched alkanes of at least 4 members (excludes halogenated alkanes) is 3. The number of rotatable bonds is 11. The molecule has 0 aliphatic rings. The number of allylic oxidation sites excluding steroid dienone is 1. The highest BCUT2D eigenvalue weighted by atomic mass is 15.1. The lowest BCUT2D eigenvalue weighted by Gasteiger charge is -2.31. The van der Waals surface area contributed by atoms with Gasteiger partial charge in [-0.3, -0.25) is 0 Å². The van der Waals surface area contributed by atoms with E-state index in [-0.39, 0.29) is 5.41 Å². The normalized spacial score (nSPS) is 12.1. The van der Waals surface area contributed by atoms with Crippen LogP contribution in [-0.4, -0.2) is 31.1 Å². The molecule has 0 aromatic rings. The third kappa shape index (κ3) is 9.37. The average Bonchev–Trinajstić information content (AvgIpc) is 2.28. The topological polar surface area (TPSA) is 29.3 Å². The Morgan fingerprint density at radius 2 is 1.88 bits per heavy atom. The van der Waals surface area contributed by atoms with Gasteiger partial charge in [0.25, 0.3) is 0 Å². The molecular formula is C15H32N2. The molecule has 102 valence electrons. The zero-order valence-electron chi connectivity index (χ0n) is 12.2. The van der Waals surface area contributed by atoms with Crippen molar-refractivity contribution in [2.75, 3.05) is 26.2 Å². The van der Waals surface area contributed by atoms with Gasteiger partial charge in [0, 0.05) is 6.54 Å². The van der Waals surface area contributed by atoms with Crippen molar-refractivity contribution in [1.82, 2.24) is 4.90 Å². The highest BCUT2D eigenvalue weighted by Crippen LogP contribution is 2.15. The molecule has 0 amide bonds. The molecule has 0 unspecified atom stereocenters. The van der Waals surface area contributed by atoms with Crippen LogP contribution in [0, 0.1) is 5.41 Å². The summed E-state index contributed by atoms with van der Waals surface area (Å²) in [5.74, 6) is 0. The fraction of sp³-hybridized carbons (Fsp3) is 0.867. The van der Waals surface area contributed by atoms with Crippen LogP contribution in [0.5, 0.6) is 0 Å². The molecule has 0 bridgehead atoms. The van der Waals surface area contributed by atoms with Crippen LogP contribution in [0.15, 0.2) is 12.7 Å². The van der Waals surface area contributed by atoms with Gasteiger partial charge in [-0.15, -0.1) is 6.58 Å². The molecule has 2 N–H and O–H groups in total. The van der Waals surface area contributed by atoms with Crippen LogP contribution in [0.4, 0.5) is 0 Å². The minimum Gasteiger partial charge on any atom is -0.330 e. The number of nitrogens with two attached hydrogens (primary N) is 1. The van der Waals surface area contributed by atoms with E-state index in [0.29, 0.717) is 0 Å². The third-order valence-corrected chi connectivity index (χ3v) is 3.13. The standard InChI is InChI=1S/C15H32N2/c1-5-7-8-9-10-12-17(11-6-2)14-15(3,4)13-16/h5H,1,6-14,16H2,2-4H3. The molecular weight excluding hydrogens is 208 g/mol. The van der Waals surface area contributed by atoms with Crippen molar-refractivity contribution in [3.8, 4) is 0 Å². The molecule has 0 saturated heterocycles. The molecule has 0 saturated carbocycles. The van der Waals surface area contributed by atoms with Crippen molar-refractivity contribution in [1.29, 1.82) is 0 Å². The second kappa shape index (κ2) is 9.67. The maximum atomic E-state index is 5.81. The van der Waals surface area contributed by atoms with Gasteiger partial charge >= 0.3 is 0 Å². The van der Waals surface area contributed by atoms with Crippen molar-refractivity contribution in [2.45, 2.75) is 52.9 Å². The molecule has 0 rings (SSSR count). The Labute approximate surface area is 108 Å². The average molecular weight is 240 g/mol. The summed E-state index contributed by atoms with van der Waals surface area (Å²) in [7, 11) is 0. The lowest BCUT2D eigenvalue weighted by molar-refractivity contribution is 0.180. The molecule has 0 aliphatic carbocycles. The Morgan fingerprint density at radius 3 is 2.41 bits per heavy atom. The molecule has 17 heavy (non-hydrogen) atoms. The molecule has 2 nitrogen and oxygen atoms in total. The van der Waals surface area contributed by atoms with Gasteiger partial charge in [0.15, 0.2) is 0 Å². The van der Waals surface area contributed by atoms with Crippen LogP contribution in [0.25, 0.3) is 0 Å². The molecule has 0 aromatic carbocycles. The first-order valence-electron chi connectivity index (χ1n) is 7.09. The first kappa shape index (κ1) is 16.7. The van der Waals surface area contributed by atoms with Gasteiger partial charge in [-0.1, -0.05) is 33.3 Å². The van der Waals surface area contributed by atoms with Crippen LogP contribution in [-0.2, 0) is 0 Å². The van der Waals surface area contributed by atoms with Crippen molar-refractivity contribution in [2.24, 2.45) is 11.1 Å². The Bertz CT molecular complexity index is 187. The Morgan fingerprint density at radius 1 is 1.18 bits per heavy atom. The lowest BCUT2D eigenvalue weighted by Crippen LogP contribution is -2.39. The van der Waals surface area contributed by atoms with Crippen molar-refractivity contribution in [3.05, 3.63) is 12.7 Å². The van der Waals surface area contributed by atoms with E-state index in [1.165, 1.54) is 38.8 Å². The van der Waals surface area contributed by atoms with Crippen LogP contribution < -0.4 is 5.73 Å². The maximum absolute atomic E-state index is 5.81. The summed E-state index contributed by atoms with van der Waals surface area (Å²) < 4.78 is 0. The fourth-order valence-electron chi connectivity index (χ4n) is 2.06. The third-order valence-electron chi connectivity index (χ3n) is 3.13. The summed E-state index contributed by atoms with van der Waals surface area (Å²) in [6.07, 6.45) is 8.30. The summed E-state index contributed by atoms with van der Waals surface area (Å²) in [5.41, 5.74) is 6.05. The molecule has 0 heterocycles. The zero-order valence-corrected chi connectivity index (χ0v) is 12.2. The molecule has 0 spiro atoms. The van der Waals surface area contributed by atoms with Crippen LogP contribution >= 0.6 is 0 Å². The van der Waals surface area contributed by atoms with E-state index in [4.69, 9.17) is 5.73 Å². The van der Waals surface area contributed by atoms with Crippen molar-refractivity contribution >= 4 is 0 Å². The van der Waals surface area contributed by atoms with Gasteiger partial charge in [0.05, 0.1) is 0 Å². The van der Waals surface area contributed by atoms with Gasteiger partial charge < -0.3 is 10.6 Å². The minimum atomic E-state index is 0.246. The van der Waals surface area contributed by atoms with E-state index in [1.54, 1.807) is 0 Å². The second-order valence-electron chi connectivity index (χ2n) is 5.78. The van der Waals surface area contributed by atoms with E-state index >= 15 is 0 Å². The highest BCUT2D eigenvalue weighted by Gasteiger charge is 2.19. The zero-order chi connectivity index (χ0) is 13.1. The van der Waals surface area contributed by atoms with E-state index in [9.17, 15) is 0 Å². The van der Waals surface area contributed by atoms with E-state index < -0.39 is 0 Å². The summed E-state index contributed by atoms with van der Waals surface area (Å²) in [6, 6.07) is 0. The van der Waals surface area contributed by atoms with E-state index in [0.717, 1.165) is 19.5 Å². The van der Waals surface area contributed by atoms with Gasteiger partial charge in [-0.05, 0) is 50.7 Å². The second-order valence-corrected chi connectivity index (χ2v) is 5.78. The first-order chi connectivity index (χ1) is 8.05. The quantitative estimate of drug-likeness (QED) is 0.443. The summed E-state index contributed by atoms with van der Waals surface area (Å²) in [6.45, 7) is 14.8. The Hall–Kier alpha value is -0.340. The molecule has 0 aromatic heterocycles. The van der Waals surface area contributed by atoms with Gasteiger partial charge in [0.1, 0.15) is 0 Å². The van der Waals surface area contributed by atoms with Gasteiger partial charge in [-0.25, -0.2) is 0 Å². The molecule has 0 radical (unpaired) electrons. The molecule has 0 fully saturated rings. The van der Waals surface area contributed by atoms with Crippen molar-refractivity contribution < 1.29 is 0 Å². The lowest BCUT2D eigenvalue weighted by atomic mass is 9.93. The van der Waals surface area contributed by atoms with E-state index in [1.807, 2.05) is 6.08 Å².